The van der Waals surface area contributed by atoms with Crippen LogP contribution in [0.1, 0.15) is 42.1 Å². The van der Waals surface area contributed by atoms with Gasteiger partial charge in [0.1, 0.15) is 5.82 Å². The van der Waals surface area contributed by atoms with E-state index < -0.39 is 0 Å². The average Bonchev–Trinajstić information content (AvgIpc) is 2.38. The molecule has 2 atom stereocenters. The summed E-state index contributed by atoms with van der Waals surface area (Å²) < 4.78 is 13.3. The number of Topliss-reactive ketones (excluding diaryl/α,β-unsaturated/α-hetero) is 1. The number of hydrogen-bond acceptors (Lipinski definition) is 2. The van der Waals surface area contributed by atoms with Gasteiger partial charge in [-0.25, -0.2) is 4.39 Å². The van der Waals surface area contributed by atoms with Crippen molar-refractivity contribution in [3.63, 3.8) is 0 Å². The van der Waals surface area contributed by atoms with E-state index in [0.717, 1.165) is 18.7 Å². The van der Waals surface area contributed by atoms with Gasteiger partial charge in [-0.1, -0.05) is 6.92 Å². The van der Waals surface area contributed by atoms with E-state index in [0.29, 0.717) is 23.8 Å². The van der Waals surface area contributed by atoms with Gasteiger partial charge in [-0.3, -0.25) is 4.79 Å². The van der Waals surface area contributed by atoms with E-state index in [1.165, 1.54) is 25.0 Å². The SMILES string of the molecule is Cc1cc(F)cc(C(=O)CC(C)C2CCCNC2)c1. The number of nitrogens with one attached hydrogen (secondary N) is 1. The van der Waals surface area contributed by atoms with Gasteiger partial charge in [-0.2, -0.15) is 0 Å². The molecule has 1 saturated heterocycles. The normalized spacial score (nSPS) is 21.1. The second-order valence-electron chi connectivity index (χ2n) is 5.73. The Kier molecular flexibility index (Phi) is 4.70. The third-order valence-corrected chi connectivity index (χ3v) is 4.01. The standard InChI is InChI=1S/C16H22FNO/c1-11-6-14(9-15(17)7-11)16(19)8-12(2)13-4-3-5-18-10-13/h6-7,9,12-13,18H,3-5,8,10H2,1-2H3. The Hall–Kier alpha value is -1.22. The Balaban J connectivity index is 1.99. The molecule has 0 saturated carbocycles. The molecule has 0 aliphatic carbocycles. The van der Waals surface area contributed by atoms with Crippen molar-refractivity contribution in [2.24, 2.45) is 11.8 Å². The first-order valence-electron chi connectivity index (χ1n) is 7.07. The van der Waals surface area contributed by atoms with E-state index in [9.17, 15) is 9.18 Å². The van der Waals surface area contributed by atoms with Gasteiger partial charge >= 0.3 is 0 Å². The van der Waals surface area contributed by atoms with Gasteiger partial charge in [0, 0.05) is 12.0 Å². The Morgan fingerprint density at radius 3 is 2.89 bits per heavy atom. The first kappa shape index (κ1) is 14.2. The van der Waals surface area contributed by atoms with Crippen LogP contribution in [0.25, 0.3) is 0 Å². The number of hydrogen-bond donors (Lipinski definition) is 1. The second kappa shape index (κ2) is 6.29. The van der Waals surface area contributed by atoms with Crippen molar-refractivity contribution in [1.29, 1.82) is 0 Å². The van der Waals surface area contributed by atoms with Crippen molar-refractivity contribution in [3.05, 3.63) is 35.1 Å². The Morgan fingerprint density at radius 1 is 1.47 bits per heavy atom. The van der Waals surface area contributed by atoms with Gasteiger partial charge < -0.3 is 5.32 Å². The topological polar surface area (TPSA) is 29.1 Å². The van der Waals surface area contributed by atoms with Gasteiger partial charge in [0.05, 0.1) is 0 Å². The van der Waals surface area contributed by atoms with Crippen LogP contribution in [0, 0.1) is 24.6 Å². The maximum absolute atomic E-state index is 13.3. The molecule has 1 fully saturated rings. The number of aryl methyl sites for hydroxylation is 1. The number of benzene rings is 1. The van der Waals surface area contributed by atoms with E-state index in [-0.39, 0.29) is 11.6 Å². The van der Waals surface area contributed by atoms with Crippen LogP contribution in [0.15, 0.2) is 18.2 Å². The lowest BCUT2D eigenvalue weighted by atomic mass is 9.83. The molecule has 0 radical (unpaired) electrons. The quantitative estimate of drug-likeness (QED) is 0.844. The molecule has 0 spiro atoms. The predicted octanol–water partition coefficient (Wildman–Crippen LogP) is 3.34. The first-order valence-corrected chi connectivity index (χ1v) is 7.07. The van der Waals surface area contributed by atoms with E-state index in [2.05, 4.69) is 12.2 Å². The van der Waals surface area contributed by atoms with Crippen molar-refractivity contribution in [2.45, 2.75) is 33.1 Å². The van der Waals surface area contributed by atoms with Gasteiger partial charge in [0.15, 0.2) is 5.78 Å². The maximum atomic E-state index is 13.3. The number of carbonyl (C=O) groups is 1. The first-order chi connectivity index (χ1) is 9.06. The number of rotatable bonds is 4. The van der Waals surface area contributed by atoms with E-state index in [1.54, 1.807) is 6.07 Å². The number of piperidine rings is 1. The van der Waals surface area contributed by atoms with Crippen LogP contribution in [0.2, 0.25) is 0 Å². The summed E-state index contributed by atoms with van der Waals surface area (Å²) >= 11 is 0. The van der Waals surface area contributed by atoms with Gasteiger partial charge in [0.25, 0.3) is 0 Å². The highest BCUT2D eigenvalue weighted by Gasteiger charge is 2.22. The molecule has 0 aromatic heterocycles. The summed E-state index contributed by atoms with van der Waals surface area (Å²) in [5.74, 6) is 0.646. The molecule has 2 unspecified atom stereocenters. The van der Waals surface area contributed by atoms with E-state index >= 15 is 0 Å². The predicted molar refractivity (Wildman–Crippen MR) is 74.8 cm³/mol. The molecular weight excluding hydrogens is 241 g/mol. The minimum absolute atomic E-state index is 0.0562. The highest BCUT2D eigenvalue weighted by atomic mass is 19.1. The van der Waals surface area contributed by atoms with Crippen LogP contribution in [-0.4, -0.2) is 18.9 Å². The zero-order valence-electron chi connectivity index (χ0n) is 11.7. The molecule has 19 heavy (non-hydrogen) atoms. The molecule has 2 nitrogen and oxygen atoms in total. The van der Waals surface area contributed by atoms with Crippen LogP contribution < -0.4 is 5.32 Å². The fraction of sp³-hybridized carbons (Fsp3) is 0.562. The Morgan fingerprint density at radius 2 is 2.26 bits per heavy atom. The van der Waals surface area contributed by atoms with Crippen molar-refractivity contribution in [1.82, 2.24) is 5.32 Å². The maximum Gasteiger partial charge on any atom is 0.163 e. The lowest BCUT2D eigenvalue weighted by Crippen LogP contribution is -2.34. The lowest BCUT2D eigenvalue weighted by molar-refractivity contribution is 0.0942. The lowest BCUT2D eigenvalue weighted by Gasteiger charge is -2.28. The van der Waals surface area contributed by atoms with Crippen LogP contribution in [0.5, 0.6) is 0 Å². The third kappa shape index (κ3) is 3.87. The fourth-order valence-electron chi connectivity index (χ4n) is 2.84. The summed E-state index contributed by atoms with van der Waals surface area (Å²) in [6, 6.07) is 4.57. The van der Waals surface area contributed by atoms with Gasteiger partial charge in [-0.05, 0) is 68.5 Å². The van der Waals surface area contributed by atoms with E-state index in [4.69, 9.17) is 0 Å². The monoisotopic (exact) mass is 263 g/mol. The van der Waals surface area contributed by atoms with Gasteiger partial charge in [0.2, 0.25) is 0 Å². The van der Waals surface area contributed by atoms with Crippen molar-refractivity contribution in [3.8, 4) is 0 Å². The van der Waals surface area contributed by atoms with Crippen LogP contribution in [0.4, 0.5) is 4.39 Å². The molecule has 1 heterocycles. The molecule has 1 aliphatic heterocycles. The van der Waals surface area contributed by atoms with Crippen molar-refractivity contribution in [2.75, 3.05) is 13.1 Å². The summed E-state index contributed by atoms with van der Waals surface area (Å²) in [7, 11) is 0. The molecule has 0 bridgehead atoms. The third-order valence-electron chi connectivity index (χ3n) is 4.01. The molecular formula is C16H22FNO. The Labute approximate surface area is 114 Å². The fourth-order valence-corrected chi connectivity index (χ4v) is 2.84. The van der Waals surface area contributed by atoms with Crippen molar-refractivity contribution >= 4 is 5.78 Å². The van der Waals surface area contributed by atoms with Gasteiger partial charge in [-0.15, -0.1) is 0 Å². The smallest absolute Gasteiger partial charge is 0.163 e. The van der Waals surface area contributed by atoms with Crippen LogP contribution in [0.3, 0.4) is 0 Å². The summed E-state index contributed by atoms with van der Waals surface area (Å²) in [4.78, 5) is 12.2. The highest BCUT2D eigenvalue weighted by molar-refractivity contribution is 5.96. The minimum atomic E-state index is -0.324. The zero-order valence-corrected chi connectivity index (χ0v) is 11.7. The zero-order chi connectivity index (χ0) is 13.8. The largest absolute Gasteiger partial charge is 0.316 e. The molecule has 1 aliphatic rings. The summed E-state index contributed by atoms with van der Waals surface area (Å²) in [6.45, 7) is 6.02. The second-order valence-corrected chi connectivity index (χ2v) is 5.73. The highest BCUT2D eigenvalue weighted by Crippen LogP contribution is 2.24. The minimum Gasteiger partial charge on any atom is -0.316 e. The molecule has 104 valence electrons. The molecule has 0 amide bonds. The number of carbonyl (C=O) groups excluding carboxylic acids is 1. The Bertz CT molecular complexity index is 432. The molecule has 1 N–H and O–H groups in total. The summed E-state index contributed by atoms with van der Waals surface area (Å²) in [5, 5.41) is 3.38. The summed E-state index contributed by atoms with van der Waals surface area (Å²) in [5.41, 5.74) is 1.31. The van der Waals surface area contributed by atoms with Crippen LogP contribution in [-0.2, 0) is 0 Å². The van der Waals surface area contributed by atoms with Crippen molar-refractivity contribution < 1.29 is 9.18 Å². The van der Waals surface area contributed by atoms with Crippen LogP contribution >= 0.6 is 0 Å². The number of ketones is 1. The average molecular weight is 263 g/mol. The molecule has 1 aromatic carbocycles. The summed E-state index contributed by atoms with van der Waals surface area (Å²) in [6.07, 6.45) is 2.88. The molecule has 1 aromatic rings. The molecule has 3 heteroatoms. The van der Waals surface area contributed by atoms with E-state index in [1.807, 2.05) is 6.92 Å². The number of halogens is 1. The molecule has 2 rings (SSSR count).